The van der Waals surface area contributed by atoms with E-state index in [4.69, 9.17) is 18.6 Å². The van der Waals surface area contributed by atoms with Crippen molar-refractivity contribution in [1.82, 2.24) is 0 Å². The zero-order valence-corrected chi connectivity index (χ0v) is 33.1. The fourth-order valence-electron chi connectivity index (χ4n) is 9.33. The predicted molar refractivity (Wildman–Crippen MR) is 218 cm³/mol. The third kappa shape index (κ3) is 7.93. The van der Waals surface area contributed by atoms with Gasteiger partial charge in [-0.1, -0.05) is 84.4 Å². The molecule has 1 aromatic heterocycles. The summed E-state index contributed by atoms with van der Waals surface area (Å²) in [6.45, 7) is 6.98. The normalized spacial score (nSPS) is 23.4. The van der Waals surface area contributed by atoms with Crippen LogP contribution < -0.4 is 10.4 Å². The van der Waals surface area contributed by atoms with Crippen molar-refractivity contribution >= 4 is 22.9 Å². The number of allylic oxidation sites excluding steroid dienone is 1. The molecule has 2 bridgehead atoms. The zero-order chi connectivity index (χ0) is 39.8. The van der Waals surface area contributed by atoms with Crippen LogP contribution in [0.15, 0.2) is 117 Å². The summed E-state index contributed by atoms with van der Waals surface area (Å²) in [5.74, 6) is -0.263. The summed E-state index contributed by atoms with van der Waals surface area (Å²) in [7, 11) is 0. The van der Waals surface area contributed by atoms with Gasteiger partial charge in [0.25, 0.3) is 0 Å². The van der Waals surface area contributed by atoms with E-state index >= 15 is 0 Å². The summed E-state index contributed by atoms with van der Waals surface area (Å²) < 4.78 is 25.2. The number of carbonyl (C=O) groups excluding carboxylic acids is 2. The van der Waals surface area contributed by atoms with Crippen LogP contribution in [0.25, 0.3) is 11.0 Å². The van der Waals surface area contributed by atoms with E-state index in [1.165, 1.54) is 28.3 Å². The Kier molecular flexibility index (Phi) is 10.7. The monoisotopic (exact) mass is 766 g/mol. The van der Waals surface area contributed by atoms with Gasteiger partial charge in [0.15, 0.2) is 12.2 Å². The number of aryl methyl sites for hydroxylation is 1. The Bertz CT molecular complexity index is 2380. The average Bonchev–Trinajstić information content (AvgIpc) is 3.19. The summed E-state index contributed by atoms with van der Waals surface area (Å²) in [6, 6.07) is 32.7. The topological polar surface area (TPSA) is 112 Å². The number of rotatable bonds is 4. The van der Waals surface area contributed by atoms with Crippen molar-refractivity contribution in [3.05, 3.63) is 158 Å². The third-order valence-corrected chi connectivity index (χ3v) is 12.3. The van der Waals surface area contributed by atoms with E-state index in [1.807, 2.05) is 19.9 Å². The lowest BCUT2D eigenvalue weighted by atomic mass is 9.68. The molecule has 0 saturated heterocycles. The van der Waals surface area contributed by atoms with Gasteiger partial charge in [0.1, 0.15) is 16.9 Å². The summed E-state index contributed by atoms with van der Waals surface area (Å²) >= 11 is 0. The number of fused-ring (bicyclic) bond motifs is 11. The van der Waals surface area contributed by atoms with Crippen molar-refractivity contribution in [2.75, 3.05) is 0 Å². The summed E-state index contributed by atoms with van der Waals surface area (Å²) in [5.41, 5.74) is 6.46. The third-order valence-electron chi connectivity index (χ3n) is 12.3. The maximum absolute atomic E-state index is 14.6. The Morgan fingerprint density at radius 1 is 0.807 bits per heavy atom. The molecule has 0 spiro atoms. The molecule has 4 aliphatic rings. The molecule has 3 aliphatic heterocycles. The largest absolute Gasteiger partial charge is 0.483 e. The minimum Gasteiger partial charge on any atom is -0.483 e. The standard InChI is InChI=1S/C49H50O8/c1-29(2)38-19-15-30-13-16-33(17-14-30)39-20-18-35(34-12-8-11-32(24-34)23-31-9-6-5-7-10-31)25-36(39)26-42(51)55-46-44-41(57-49(3,4)47(46)56-48(38)53)22-21-40-37(28-50)27-43(52)54-45(40)44/h5-14,16-17,21-22,24,27,35-36,39,46-47,50H,15,18-20,23,25-26,28H2,1-4H3. The zero-order valence-electron chi connectivity index (χ0n) is 33.1. The molecule has 8 heteroatoms. The van der Waals surface area contributed by atoms with Crippen molar-refractivity contribution in [3.8, 4) is 5.75 Å². The SMILES string of the molecule is CC(C)=C1CCc2ccc(cc2)C2CCC(c3cccc(Cc4ccccc4)c3)CC2CC(=O)OC2c3c(ccc4c(CO)cc(=O)oc34)OC(C)(C)C2OC1=O. The Balaban J connectivity index is 1.19. The van der Waals surface area contributed by atoms with Gasteiger partial charge in [-0.25, -0.2) is 9.59 Å². The van der Waals surface area contributed by atoms with Gasteiger partial charge in [-0.15, -0.1) is 0 Å². The highest BCUT2D eigenvalue weighted by Gasteiger charge is 2.51. The van der Waals surface area contributed by atoms with Gasteiger partial charge in [-0.3, -0.25) is 4.79 Å². The highest BCUT2D eigenvalue weighted by Crippen LogP contribution is 2.49. The van der Waals surface area contributed by atoms with Gasteiger partial charge < -0.3 is 23.7 Å². The first-order valence-electron chi connectivity index (χ1n) is 20.2. The second kappa shape index (κ2) is 15.8. The Morgan fingerprint density at radius 3 is 2.33 bits per heavy atom. The van der Waals surface area contributed by atoms with Crippen molar-refractivity contribution in [1.29, 1.82) is 0 Å². The van der Waals surface area contributed by atoms with E-state index in [-0.39, 0.29) is 29.8 Å². The van der Waals surface area contributed by atoms with E-state index in [1.54, 1.807) is 26.0 Å². The second-order valence-corrected chi connectivity index (χ2v) is 16.8. The van der Waals surface area contributed by atoms with Crippen LogP contribution in [-0.4, -0.2) is 28.8 Å². The van der Waals surface area contributed by atoms with Gasteiger partial charge in [0.05, 0.1) is 12.2 Å². The highest BCUT2D eigenvalue weighted by atomic mass is 16.6. The van der Waals surface area contributed by atoms with Gasteiger partial charge in [0, 0.05) is 23.4 Å². The maximum atomic E-state index is 14.6. The predicted octanol–water partition coefficient (Wildman–Crippen LogP) is 9.58. The number of aliphatic hydroxyl groups excluding tert-OH is 1. The van der Waals surface area contributed by atoms with Crippen molar-refractivity contribution in [3.63, 3.8) is 0 Å². The second-order valence-electron chi connectivity index (χ2n) is 16.8. The summed E-state index contributed by atoms with van der Waals surface area (Å²) in [5, 5.41) is 10.7. The molecule has 0 amide bonds. The molecule has 1 fully saturated rings. The summed E-state index contributed by atoms with van der Waals surface area (Å²) in [6.07, 6.45) is 2.54. The molecule has 294 valence electrons. The molecule has 4 heterocycles. The van der Waals surface area contributed by atoms with E-state index in [0.29, 0.717) is 40.7 Å². The number of ether oxygens (including phenoxy) is 3. The van der Waals surface area contributed by atoms with Crippen LogP contribution >= 0.6 is 0 Å². The van der Waals surface area contributed by atoms with Gasteiger partial charge in [-0.05, 0) is 129 Å². The van der Waals surface area contributed by atoms with E-state index in [2.05, 4.69) is 72.8 Å². The van der Waals surface area contributed by atoms with Gasteiger partial charge in [0.2, 0.25) is 0 Å². The van der Waals surface area contributed by atoms with Crippen LogP contribution in [0.5, 0.6) is 5.75 Å². The molecular formula is C49H50O8. The molecule has 8 nitrogen and oxygen atoms in total. The Morgan fingerprint density at radius 2 is 1.58 bits per heavy atom. The van der Waals surface area contributed by atoms with Crippen LogP contribution in [0, 0.1) is 5.92 Å². The smallest absolute Gasteiger partial charge is 0.336 e. The molecular weight excluding hydrogens is 717 g/mol. The van der Waals surface area contributed by atoms with Crippen LogP contribution in [0.3, 0.4) is 0 Å². The maximum Gasteiger partial charge on any atom is 0.336 e. The highest BCUT2D eigenvalue weighted by molar-refractivity contribution is 5.90. The van der Waals surface area contributed by atoms with Crippen LogP contribution in [0.2, 0.25) is 0 Å². The number of esters is 2. The lowest BCUT2D eigenvalue weighted by Crippen LogP contribution is -2.52. The van der Waals surface area contributed by atoms with Crippen molar-refractivity contribution in [2.24, 2.45) is 5.92 Å². The molecule has 9 rings (SSSR count). The van der Waals surface area contributed by atoms with Crippen molar-refractivity contribution < 1.29 is 33.3 Å². The quantitative estimate of drug-likeness (QED) is 0.109. The minimum atomic E-state index is -1.17. The Hall–Kier alpha value is -5.47. The van der Waals surface area contributed by atoms with E-state index in [0.717, 1.165) is 36.8 Å². The fraction of sp³-hybridized carbons (Fsp3) is 0.367. The number of hydrogen-bond donors (Lipinski definition) is 1. The molecule has 5 atom stereocenters. The van der Waals surface area contributed by atoms with Crippen LogP contribution in [0.1, 0.15) is 117 Å². The average molecular weight is 767 g/mol. The molecule has 5 aromatic rings. The summed E-state index contributed by atoms with van der Waals surface area (Å²) in [4.78, 5) is 41.6. The first-order valence-corrected chi connectivity index (χ1v) is 20.2. The van der Waals surface area contributed by atoms with Crippen LogP contribution in [-0.2, 0) is 38.5 Å². The number of hydrogen-bond acceptors (Lipinski definition) is 8. The van der Waals surface area contributed by atoms with E-state index in [9.17, 15) is 19.5 Å². The van der Waals surface area contributed by atoms with E-state index < -0.39 is 42.0 Å². The van der Waals surface area contributed by atoms with Crippen LogP contribution in [0.4, 0.5) is 0 Å². The van der Waals surface area contributed by atoms with Gasteiger partial charge >= 0.3 is 17.6 Å². The number of benzene rings is 4. The first kappa shape index (κ1) is 38.4. The van der Waals surface area contributed by atoms with Crippen molar-refractivity contribution in [2.45, 2.75) is 109 Å². The molecule has 4 aromatic carbocycles. The molecule has 1 aliphatic carbocycles. The fourth-order valence-corrected chi connectivity index (χ4v) is 9.33. The Labute approximate surface area is 333 Å². The van der Waals surface area contributed by atoms with Gasteiger partial charge in [-0.2, -0.15) is 0 Å². The lowest BCUT2D eigenvalue weighted by Gasteiger charge is -2.43. The minimum absolute atomic E-state index is 0.0372. The first-order chi connectivity index (χ1) is 27.5. The molecule has 0 radical (unpaired) electrons. The molecule has 57 heavy (non-hydrogen) atoms. The molecule has 1 N–H and O–H groups in total. The number of aliphatic hydroxyl groups is 1. The number of carbonyl (C=O) groups is 2. The molecule has 1 saturated carbocycles. The lowest BCUT2D eigenvalue weighted by molar-refractivity contribution is -0.188. The molecule has 5 unspecified atom stereocenters.